The van der Waals surface area contributed by atoms with Gasteiger partial charge in [-0.1, -0.05) is 6.58 Å². The Labute approximate surface area is 162 Å². The number of aryl methyl sites for hydroxylation is 2. The highest BCUT2D eigenvalue weighted by Crippen LogP contribution is 2.43. The Hall–Kier alpha value is -3.16. The molecule has 1 aliphatic heterocycles. The zero-order valence-corrected chi connectivity index (χ0v) is 15.9. The maximum atomic E-state index is 11.9. The lowest BCUT2D eigenvalue weighted by molar-refractivity contribution is -0.125. The van der Waals surface area contributed by atoms with Crippen LogP contribution in [0.25, 0.3) is 16.8 Å². The van der Waals surface area contributed by atoms with Crippen molar-refractivity contribution in [2.75, 3.05) is 13.1 Å². The molecule has 28 heavy (non-hydrogen) atoms. The van der Waals surface area contributed by atoms with Crippen LogP contribution in [0.5, 0.6) is 5.88 Å². The van der Waals surface area contributed by atoms with Gasteiger partial charge in [0.25, 0.3) is 0 Å². The highest BCUT2D eigenvalue weighted by Gasteiger charge is 2.49. The quantitative estimate of drug-likeness (QED) is 0.648. The summed E-state index contributed by atoms with van der Waals surface area (Å²) in [5, 5.41) is 8.67. The maximum absolute atomic E-state index is 11.9. The lowest BCUT2D eigenvalue weighted by Crippen LogP contribution is -2.44. The molecule has 1 saturated carbocycles. The van der Waals surface area contributed by atoms with Gasteiger partial charge in [-0.05, 0) is 25.3 Å². The molecule has 4 heterocycles. The van der Waals surface area contributed by atoms with Crippen molar-refractivity contribution >= 4 is 11.4 Å². The first-order valence-corrected chi connectivity index (χ1v) is 9.45. The van der Waals surface area contributed by atoms with Crippen molar-refractivity contribution in [3.8, 4) is 17.1 Å². The molecule has 0 aromatic carbocycles. The minimum absolute atomic E-state index is 0.00104. The second kappa shape index (κ2) is 6.19. The fourth-order valence-electron chi connectivity index (χ4n) is 4.33. The Morgan fingerprint density at radius 3 is 2.89 bits per heavy atom. The van der Waals surface area contributed by atoms with Gasteiger partial charge in [0.05, 0.1) is 24.3 Å². The van der Waals surface area contributed by atoms with E-state index in [1.165, 1.54) is 6.08 Å². The van der Waals surface area contributed by atoms with E-state index in [0.717, 1.165) is 41.8 Å². The smallest absolute Gasteiger partial charge is 0.245 e. The third kappa shape index (κ3) is 2.59. The van der Waals surface area contributed by atoms with Gasteiger partial charge < -0.3 is 9.64 Å². The molecule has 144 valence electrons. The predicted molar refractivity (Wildman–Crippen MR) is 103 cm³/mol. The molecule has 1 saturated heterocycles. The minimum Gasteiger partial charge on any atom is -0.472 e. The molecule has 0 spiro atoms. The summed E-state index contributed by atoms with van der Waals surface area (Å²) >= 11 is 0. The van der Waals surface area contributed by atoms with Gasteiger partial charge in [-0.15, -0.1) is 0 Å². The Kier molecular flexibility index (Phi) is 3.75. The number of nitrogens with zero attached hydrogens (tertiary/aromatic N) is 6. The lowest BCUT2D eigenvalue weighted by atomic mass is 9.73. The molecule has 3 aromatic heterocycles. The van der Waals surface area contributed by atoms with Crippen LogP contribution in [0.1, 0.15) is 12.0 Å². The van der Waals surface area contributed by atoms with Crippen LogP contribution in [0.3, 0.4) is 0 Å². The summed E-state index contributed by atoms with van der Waals surface area (Å²) in [7, 11) is 1.88. The van der Waals surface area contributed by atoms with Gasteiger partial charge in [0.1, 0.15) is 11.6 Å². The number of aromatic nitrogens is 5. The van der Waals surface area contributed by atoms with Crippen molar-refractivity contribution in [1.82, 2.24) is 29.3 Å². The molecule has 1 amide bonds. The van der Waals surface area contributed by atoms with Gasteiger partial charge in [-0.3, -0.25) is 9.48 Å². The van der Waals surface area contributed by atoms with Gasteiger partial charge >= 0.3 is 0 Å². The Bertz CT molecular complexity index is 1080. The molecule has 5 rings (SSSR count). The van der Waals surface area contributed by atoms with Crippen LogP contribution >= 0.6 is 0 Å². The van der Waals surface area contributed by atoms with E-state index in [9.17, 15) is 4.79 Å². The fourth-order valence-corrected chi connectivity index (χ4v) is 4.33. The summed E-state index contributed by atoms with van der Waals surface area (Å²) in [5.74, 6) is 1.43. The monoisotopic (exact) mass is 378 g/mol. The SMILES string of the molecule is C=CC(=O)N1CC2CC(Oc3nc(-c4cnn(C)c4)cn4ncc(C)c34)C2C1. The van der Waals surface area contributed by atoms with E-state index < -0.39 is 0 Å². The second-order valence-electron chi connectivity index (χ2n) is 7.72. The van der Waals surface area contributed by atoms with Crippen molar-refractivity contribution in [3.05, 3.63) is 43.0 Å². The third-order valence-corrected chi connectivity index (χ3v) is 5.90. The van der Waals surface area contributed by atoms with Crippen molar-refractivity contribution < 1.29 is 9.53 Å². The van der Waals surface area contributed by atoms with Crippen molar-refractivity contribution in [3.63, 3.8) is 0 Å². The van der Waals surface area contributed by atoms with E-state index in [-0.39, 0.29) is 12.0 Å². The van der Waals surface area contributed by atoms with Crippen molar-refractivity contribution in [2.24, 2.45) is 18.9 Å². The number of ether oxygens (including phenoxy) is 1. The molecule has 8 heteroatoms. The molecular weight excluding hydrogens is 356 g/mol. The highest BCUT2D eigenvalue weighted by atomic mass is 16.5. The first kappa shape index (κ1) is 17.0. The average molecular weight is 378 g/mol. The number of hydrogen-bond acceptors (Lipinski definition) is 5. The predicted octanol–water partition coefficient (Wildman–Crippen LogP) is 1.85. The number of carbonyl (C=O) groups excluding carboxylic acids is 1. The minimum atomic E-state index is -0.00104. The third-order valence-electron chi connectivity index (χ3n) is 5.90. The Morgan fingerprint density at radius 2 is 2.14 bits per heavy atom. The maximum Gasteiger partial charge on any atom is 0.245 e. The second-order valence-corrected chi connectivity index (χ2v) is 7.72. The normalized spacial score (nSPS) is 23.5. The van der Waals surface area contributed by atoms with Crippen LogP contribution in [0.15, 0.2) is 37.4 Å². The van der Waals surface area contributed by atoms with Crippen molar-refractivity contribution in [2.45, 2.75) is 19.4 Å². The first-order valence-electron chi connectivity index (χ1n) is 9.45. The molecule has 3 unspecified atom stereocenters. The Morgan fingerprint density at radius 1 is 1.29 bits per heavy atom. The van der Waals surface area contributed by atoms with Gasteiger partial charge in [0.2, 0.25) is 11.8 Å². The molecular formula is C20H22N6O2. The van der Waals surface area contributed by atoms with E-state index in [0.29, 0.717) is 17.7 Å². The Balaban J connectivity index is 1.45. The molecule has 0 bridgehead atoms. The average Bonchev–Trinajstić information content (AvgIpc) is 3.37. The van der Waals surface area contributed by atoms with E-state index >= 15 is 0 Å². The molecule has 0 radical (unpaired) electrons. The van der Waals surface area contributed by atoms with Crippen molar-refractivity contribution in [1.29, 1.82) is 0 Å². The van der Waals surface area contributed by atoms with E-state index in [2.05, 4.69) is 16.8 Å². The molecule has 3 aromatic rings. The standard InChI is InChI=1S/C20H22N6O2/c1-4-18(27)25-9-13-5-17(15(13)10-25)28-20-19-12(2)6-22-26(19)11-16(23-20)14-7-21-24(3)8-14/h4,6-8,11,13,15,17H,1,5,9-10H2,2-3H3. The summed E-state index contributed by atoms with van der Waals surface area (Å²) in [4.78, 5) is 18.6. The molecule has 2 fully saturated rings. The summed E-state index contributed by atoms with van der Waals surface area (Å²) in [6, 6.07) is 0. The van der Waals surface area contributed by atoms with E-state index in [4.69, 9.17) is 9.72 Å². The van der Waals surface area contributed by atoms with Gasteiger partial charge in [0.15, 0.2) is 0 Å². The largest absolute Gasteiger partial charge is 0.472 e. The molecule has 3 atom stereocenters. The fraction of sp³-hybridized carbons (Fsp3) is 0.400. The molecule has 8 nitrogen and oxygen atoms in total. The van der Waals surface area contributed by atoms with Crippen LogP contribution in [-0.4, -0.2) is 54.4 Å². The van der Waals surface area contributed by atoms with Crippen LogP contribution in [0.4, 0.5) is 0 Å². The molecule has 2 aliphatic rings. The van der Waals surface area contributed by atoms with Crippen LogP contribution in [-0.2, 0) is 11.8 Å². The summed E-state index contributed by atoms with van der Waals surface area (Å²) in [5.41, 5.74) is 3.58. The van der Waals surface area contributed by atoms with E-state index in [1.807, 2.05) is 42.0 Å². The highest BCUT2D eigenvalue weighted by molar-refractivity contribution is 5.87. The summed E-state index contributed by atoms with van der Waals surface area (Å²) < 4.78 is 9.95. The lowest BCUT2D eigenvalue weighted by Gasteiger charge is -2.38. The number of fused-ring (bicyclic) bond motifs is 2. The number of likely N-dealkylation sites (tertiary alicyclic amines) is 1. The van der Waals surface area contributed by atoms with Gasteiger partial charge in [0, 0.05) is 43.4 Å². The van der Waals surface area contributed by atoms with Crippen LogP contribution in [0, 0.1) is 18.8 Å². The van der Waals surface area contributed by atoms with Gasteiger partial charge in [-0.2, -0.15) is 10.2 Å². The topological polar surface area (TPSA) is 77.6 Å². The van der Waals surface area contributed by atoms with E-state index in [1.54, 1.807) is 10.9 Å². The number of rotatable bonds is 4. The summed E-state index contributed by atoms with van der Waals surface area (Å²) in [6.07, 6.45) is 9.80. The first-order chi connectivity index (χ1) is 13.5. The van der Waals surface area contributed by atoms with Crippen LogP contribution < -0.4 is 4.74 Å². The van der Waals surface area contributed by atoms with Gasteiger partial charge in [-0.25, -0.2) is 9.50 Å². The number of carbonyl (C=O) groups is 1. The molecule has 1 aliphatic carbocycles. The zero-order chi connectivity index (χ0) is 19.4. The van der Waals surface area contributed by atoms with Crippen LogP contribution in [0.2, 0.25) is 0 Å². The molecule has 0 N–H and O–H groups in total. The summed E-state index contributed by atoms with van der Waals surface area (Å²) in [6.45, 7) is 7.11. The zero-order valence-electron chi connectivity index (χ0n) is 15.9. The number of amides is 1. The number of hydrogen-bond donors (Lipinski definition) is 0.